The molecule has 2 aromatic heterocycles. The Labute approximate surface area is 127 Å². The van der Waals surface area contributed by atoms with Crippen LogP contribution in [0.4, 0.5) is 17.6 Å². The van der Waals surface area contributed by atoms with E-state index in [4.69, 9.17) is 0 Å². The normalized spacial score (nSPS) is 11.1. The fourth-order valence-electron chi connectivity index (χ4n) is 1.52. The number of hydrogen-bond donors (Lipinski definition) is 1. The number of carbonyl (C=O) groups excluding carboxylic acids is 1. The molecular formula is C13H10F4N4O2. The zero-order valence-electron chi connectivity index (χ0n) is 11.5. The van der Waals surface area contributed by atoms with Gasteiger partial charge in [-0.25, -0.2) is 19.3 Å². The molecule has 0 radical (unpaired) electrons. The number of nitrogens with one attached hydrogen (secondary N) is 1. The second-order valence-electron chi connectivity index (χ2n) is 4.31. The van der Waals surface area contributed by atoms with E-state index < -0.39 is 30.4 Å². The van der Waals surface area contributed by atoms with E-state index in [2.05, 4.69) is 25.0 Å². The lowest BCUT2D eigenvalue weighted by molar-refractivity contribution is -0.154. The maximum absolute atomic E-state index is 13.6. The van der Waals surface area contributed by atoms with Crippen molar-refractivity contribution in [3.8, 4) is 5.88 Å². The largest absolute Gasteiger partial charge is 0.466 e. The molecule has 0 unspecified atom stereocenters. The number of hydrogen-bond acceptors (Lipinski definition) is 5. The lowest BCUT2D eigenvalue weighted by Gasteiger charge is -2.10. The molecule has 1 N–H and O–H groups in total. The Bertz CT molecular complexity index is 679. The van der Waals surface area contributed by atoms with Crippen molar-refractivity contribution in [2.75, 3.05) is 6.61 Å². The molecule has 2 heterocycles. The summed E-state index contributed by atoms with van der Waals surface area (Å²) < 4.78 is 53.8. The molecular weight excluding hydrogens is 320 g/mol. The van der Waals surface area contributed by atoms with Gasteiger partial charge in [0.05, 0.1) is 0 Å². The second kappa shape index (κ2) is 6.99. The highest BCUT2D eigenvalue weighted by atomic mass is 19.4. The van der Waals surface area contributed by atoms with Crippen molar-refractivity contribution in [1.82, 2.24) is 20.3 Å². The molecule has 0 saturated carbocycles. The Morgan fingerprint density at radius 3 is 2.70 bits per heavy atom. The van der Waals surface area contributed by atoms with Crippen LogP contribution in [0, 0.1) is 5.82 Å². The summed E-state index contributed by atoms with van der Waals surface area (Å²) >= 11 is 0. The lowest BCUT2D eigenvalue weighted by atomic mass is 10.2. The van der Waals surface area contributed by atoms with E-state index in [1.807, 2.05) is 0 Å². The van der Waals surface area contributed by atoms with Gasteiger partial charge in [0, 0.05) is 18.9 Å². The van der Waals surface area contributed by atoms with Crippen LogP contribution in [0.1, 0.15) is 16.1 Å². The average molecular weight is 330 g/mol. The molecule has 0 aliphatic heterocycles. The van der Waals surface area contributed by atoms with Gasteiger partial charge in [0.1, 0.15) is 12.0 Å². The number of nitrogens with zero attached hydrogens (tertiary/aromatic N) is 3. The second-order valence-corrected chi connectivity index (χ2v) is 4.31. The molecule has 0 fully saturated rings. The predicted octanol–water partition coefficient (Wildman–Crippen LogP) is 1.88. The minimum atomic E-state index is -4.59. The highest BCUT2D eigenvalue weighted by Gasteiger charge is 2.29. The van der Waals surface area contributed by atoms with E-state index in [1.54, 1.807) is 0 Å². The molecule has 0 spiro atoms. The Kier molecular flexibility index (Phi) is 5.04. The van der Waals surface area contributed by atoms with Crippen LogP contribution in [-0.4, -0.2) is 33.6 Å². The minimum absolute atomic E-state index is 0.0771. The number of amides is 1. The van der Waals surface area contributed by atoms with E-state index in [-0.39, 0.29) is 17.8 Å². The van der Waals surface area contributed by atoms with Crippen molar-refractivity contribution in [2.24, 2.45) is 0 Å². The lowest BCUT2D eigenvalue weighted by Crippen LogP contribution is -2.24. The first kappa shape index (κ1) is 16.6. The summed E-state index contributed by atoms with van der Waals surface area (Å²) in [6, 6.07) is 2.32. The summed E-state index contributed by atoms with van der Waals surface area (Å²) in [6.45, 7) is -1.72. The van der Waals surface area contributed by atoms with Crippen LogP contribution >= 0.6 is 0 Å². The topological polar surface area (TPSA) is 77.0 Å². The molecule has 10 heteroatoms. The van der Waals surface area contributed by atoms with Crippen LogP contribution < -0.4 is 10.1 Å². The Morgan fingerprint density at radius 2 is 2.09 bits per heavy atom. The zero-order valence-corrected chi connectivity index (χ0v) is 11.5. The monoisotopic (exact) mass is 330 g/mol. The summed E-state index contributed by atoms with van der Waals surface area (Å²) in [7, 11) is 0. The van der Waals surface area contributed by atoms with Gasteiger partial charge >= 0.3 is 6.18 Å². The number of pyridine rings is 1. The standard InChI is InChI=1S/C13H10F4N4O2/c14-9-3-8(5-20-12(9)23-6-13(15,16)17)4-19-11(22)10-1-2-18-7-21-10/h1-3,5,7H,4,6H2,(H,19,22). The molecule has 6 nitrogen and oxygen atoms in total. The predicted molar refractivity (Wildman–Crippen MR) is 68.9 cm³/mol. The van der Waals surface area contributed by atoms with Crippen molar-refractivity contribution < 1.29 is 27.1 Å². The summed E-state index contributed by atoms with van der Waals surface area (Å²) in [5.41, 5.74) is 0.378. The van der Waals surface area contributed by atoms with Crippen molar-refractivity contribution in [3.05, 3.63) is 47.9 Å². The number of halogens is 4. The molecule has 0 atom stereocenters. The van der Waals surface area contributed by atoms with Gasteiger partial charge in [-0.05, 0) is 17.7 Å². The van der Waals surface area contributed by atoms with E-state index in [9.17, 15) is 22.4 Å². The smallest absolute Gasteiger partial charge is 0.422 e. The van der Waals surface area contributed by atoms with Gasteiger partial charge < -0.3 is 10.1 Å². The number of carbonyl (C=O) groups is 1. The van der Waals surface area contributed by atoms with Crippen molar-refractivity contribution in [3.63, 3.8) is 0 Å². The first-order valence-corrected chi connectivity index (χ1v) is 6.23. The summed E-state index contributed by atoms with van der Waals surface area (Å²) in [6.07, 6.45) is -0.897. The van der Waals surface area contributed by atoms with Gasteiger partial charge in [0.25, 0.3) is 11.8 Å². The maximum atomic E-state index is 13.6. The van der Waals surface area contributed by atoms with E-state index in [1.165, 1.54) is 18.6 Å². The molecule has 0 aliphatic carbocycles. The molecule has 23 heavy (non-hydrogen) atoms. The van der Waals surface area contributed by atoms with Gasteiger partial charge in [-0.3, -0.25) is 4.79 Å². The van der Waals surface area contributed by atoms with Crippen molar-refractivity contribution in [2.45, 2.75) is 12.7 Å². The van der Waals surface area contributed by atoms with Gasteiger partial charge in [0.2, 0.25) is 0 Å². The highest BCUT2D eigenvalue weighted by molar-refractivity contribution is 5.91. The number of aromatic nitrogens is 3. The van der Waals surface area contributed by atoms with Gasteiger partial charge in [-0.2, -0.15) is 13.2 Å². The number of ether oxygens (including phenoxy) is 1. The number of alkyl halides is 3. The van der Waals surface area contributed by atoms with E-state index in [0.717, 1.165) is 12.3 Å². The fraction of sp³-hybridized carbons (Fsp3) is 0.231. The third kappa shape index (κ3) is 5.16. The van der Waals surface area contributed by atoms with Gasteiger partial charge in [-0.15, -0.1) is 0 Å². The Morgan fingerprint density at radius 1 is 1.30 bits per heavy atom. The van der Waals surface area contributed by atoms with Crippen LogP contribution in [0.3, 0.4) is 0 Å². The quantitative estimate of drug-likeness (QED) is 0.847. The molecule has 2 aromatic rings. The molecule has 0 aliphatic rings. The zero-order chi connectivity index (χ0) is 16.9. The Hall–Kier alpha value is -2.78. The van der Waals surface area contributed by atoms with Crippen LogP contribution in [0.5, 0.6) is 5.88 Å². The maximum Gasteiger partial charge on any atom is 0.422 e. The van der Waals surface area contributed by atoms with Crippen LogP contribution in [0.15, 0.2) is 30.9 Å². The molecule has 0 saturated heterocycles. The fourth-order valence-corrected chi connectivity index (χ4v) is 1.52. The molecule has 2 rings (SSSR count). The van der Waals surface area contributed by atoms with Crippen LogP contribution in [0.25, 0.3) is 0 Å². The summed E-state index contributed by atoms with van der Waals surface area (Å²) in [4.78, 5) is 22.6. The van der Waals surface area contributed by atoms with Crippen molar-refractivity contribution >= 4 is 5.91 Å². The first-order chi connectivity index (χ1) is 10.8. The van der Waals surface area contributed by atoms with Gasteiger partial charge in [-0.1, -0.05) is 0 Å². The molecule has 122 valence electrons. The third-order valence-corrected chi connectivity index (χ3v) is 2.50. The number of rotatable bonds is 5. The van der Waals surface area contributed by atoms with Crippen molar-refractivity contribution in [1.29, 1.82) is 0 Å². The van der Waals surface area contributed by atoms with Crippen LogP contribution in [-0.2, 0) is 6.54 Å². The van der Waals surface area contributed by atoms with E-state index in [0.29, 0.717) is 0 Å². The highest BCUT2D eigenvalue weighted by Crippen LogP contribution is 2.19. The summed E-state index contributed by atoms with van der Waals surface area (Å²) in [5, 5.41) is 2.46. The average Bonchev–Trinajstić information content (AvgIpc) is 2.51. The minimum Gasteiger partial charge on any atom is -0.466 e. The SMILES string of the molecule is O=C(NCc1cnc(OCC(F)(F)F)c(F)c1)c1ccncn1. The molecule has 1 amide bonds. The third-order valence-electron chi connectivity index (χ3n) is 2.50. The van der Waals surface area contributed by atoms with E-state index >= 15 is 0 Å². The Balaban J connectivity index is 1.94. The van der Waals surface area contributed by atoms with Crippen LogP contribution in [0.2, 0.25) is 0 Å². The first-order valence-electron chi connectivity index (χ1n) is 6.23. The molecule has 0 bridgehead atoms. The van der Waals surface area contributed by atoms with Gasteiger partial charge in [0.15, 0.2) is 12.4 Å². The molecule has 0 aromatic carbocycles. The summed E-state index contributed by atoms with van der Waals surface area (Å²) in [5.74, 6) is -2.32.